The van der Waals surface area contributed by atoms with Gasteiger partial charge in [0.2, 0.25) is 0 Å². The number of nitrogens with zero attached hydrogens (tertiary/aromatic N) is 1. The minimum atomic E-state index is -0.641. The fourth-order valence-electron chi connectivity index (χ4n) is 2.98. The molecule has 2 aromatic heterocycles. The Balaban J connectivity index is 1.46. The molecule has 0 aliphatic carbocycles. The predicted octanol–water partition coefficient (Wildman–Crippen LogP) is 3.99. The van der Waals surface area contributed by atoms with Crippen molar-refractivity contribution in [3.63, 3.8) is 0 Å². The molecule has 7 nitrogen and oxygen atoms in total. The molecule has 136 valence electrons. The third-order valence-electron chi connectivity index (χ3n) is 4.23. The molecule has 0 radical (unpaired) electrons. The first-order valence-electron chi connectivity index (χ1n) is 8.34. The van der Waals surface area contributed by atoms with Crippen LogP contribution in [-0.2, 0) is 9.53 Å². The molecule has 1 amide bonds. The molecule has 2 heterocycles. The lowest BCUT2D eigenvalue weighted by Crippen LogP contribution is -2.21. The van der Waals surface area contributed by atoms with Crippen LogP contribution in [0.25, 0.3) is 21.9 Å². The van der Waals surface area contributed by atoms with E-state index < -0.39 is 18.5 Å². The molecule has 0 aliphatic rings. The van der Waals surface area contributed by atoms with Crippen molar-refractivity contribution in [1.29, 1.82) is 0 Å². The molecule has 0 aliphatic heterocycles. The molecule has 4 aromatic rings. The number of para-hydroxylation sites is 1. The lowest BCUT2D eigenvalue weighted by atomic mass is 10.1. The van der Waals surface area contributed by atoms with Gasteiger partial charge in [0.15, 0.2) is 6.61 Å². The highest BCUT2D eigenvalue weighted by atomic mass is 16.5. The third-order valence-corrected chi connectivity index (χ3v) is 4.23. The van der Waals surface area contributed by atoms with Crippen LogP contribution in [-0.4, -0.2) is 23.6 Å². The van der Waals surface area contributed by atoms with Gasteiger partial charge in [0, 0.05) is 16.5 Å². The average Bonchev–Trinajstić information content (AvgIpc) is 3.19. The van der Waals surface area contributed by atoms with Gasteiger partial charge in [-0.05, 0) is 38.1 Å². The Morgan fingerprint density at radius 1 is 1.07 bits per heavy atom. The molecule has 0 spiro atoms. The van der Waals surface area contributed by atoms with E-state index in [2.05, 4.69) is 10.5 Å². The van der Waals surface area contributed by atoms with Gasteiger partial charge in [-0.1, -0.05) is 23.4 Å². The topological polar surface area (TPSA) is 94.6 Å². The van der Waals surface area contributed by atoms with Gasteiger partial charge in [0.1, 0.15) is 22.5 Å². The van der Waals surface area contributed by atoms with Crippen molar-refractivity contribution in [1.82, 2.24) is 5.16 Å². The van der Waals surface area contributed by atoms with Crippen LogP contribution in [0, 0.1) is 13.8 Å². The van der Waals surface area contributed by atoms with Gasteiger partial charge in [-0.2, -0.15) is 0 Å². The molecular formula is C20H16N2O5. The number of rotatable bonds is 4. The summed E-state index contributed by atoms with van der Waals surface area (Å²) in [4.78, 5) is 24.2. The number of ether oxygens (including phenoxy) is 1. The largest absolute Gasteiger partial charge is 0.456 e. The van der Waals surface area contributed by atoms with Gasteiger partial charge in [-0.25, -0.2) is 4.79 Å². The summed E-state index contributed by atoms with van der Waals surface area (Å²) >= 11 is 0. The molecule has 4 rings (SSSR count). The van der Waals surface area contributed by atoms with Crippen LogP contribution < -0.4 is 5.32 Å². The van der Waals surface area contributed by atoms with Crippen molar-refractivity contribution in [3.05, 3.63) is 59.5 Å². The minimum absolute atomic E-state index is 0.245. The highest BCUT2D eigenvalue weighted by molar-refractivity contribution is 6.07. The van der Waals surface area contributed by atoms with E-state index in [9.17, 15) is 9.59 Å². The molecule has 0 atom stereocenters. The number of aryl methyl sites for hydroxylation is 2. The number of carbonyl (C=O) groups excluding carboxylic acids is 2. The number of fused-ring (bicyclic) bond motifs is 3. The summed E-state index contributed by atoms with van der Waals surface area (Å²) in [5, 5.41) is 8.28. The molecule has 7 heteroatoms. The Hall–Kier alpha value is -3.61. The molecule has 0 fully saturated rings. The summed E-state index contributed by atoms with van der Waals surface area (Å²) < 4.78 is 15.7. The summed E-state index contributed by atoms with van der Waals surface area (Å²) in [6.45, 7) is 2.84. The zero-order valence-electron chi connectivity index (χ0n) is 14.7. The van der Waals surface area contributed by atoms with Crippen LogP contribution in [0.2, 0.25) is 0 Å². The van der Waals surface area contributed by atoms with Crippen molar-refractivity contribution in [2.75, 3.05) is 11.9 Å². The predicted molar refractivity (Wildman–Crippen MR) is 98.6 cm³/mol. The number of hydrogen-bond donors (Lipinski definition) is 1. The average molecular weight is 364 g/mol. The number of amides is 1. The fraction of sp³-hybridized carbons (Fsp3) is 0.150. The Morgan fingerprint density at radius 2 is 1.85 bits per heavy atom. The van der Waals surface area contributed by atoms with Crippen LogP contribution in [0.5, 0.6) is 0 Å². The fourth-order valence-corrected chi connectivity index (χ4v) is 2.98. The Bertz CT molecular complexity index is 1150. The lowest BCUT2D eigenvalue weighted by molar-refractivity contribution is -0.119. The van der Waals surface area contributed by atoms with Gasteiger partial charge in [0.05, 0.1) is 5.69 Å². The van der Waals surface area contributed by atoms with Crippen LogP contribution >= 0.6 is 0 Å². The number of aromatic nitrogens is 1. The maximum absolute atomic E-state index is 12.1. The number of nitrogens with one attached hydrogen (secondary N) is 1. The van der Waals surface area contributed by atoms with Crippen LogP contribution in [0.1, 0.15) is 21.8 Å². The normalized spacial score (nSPS) is 11.0. The first-order chi connectivity index (χ1) is 13.0. The Kier molecular flexibility index (Phi) is 4.12. The van der Waals surface area contributed by atoms with E-state index in [1.807, 2.05) is 30.3 Å². The maximum Gasteiger partial charge on any atom is 0.344 e. The second kappa shape index (κ2) is 6.60. The van der Waals surface area contributed by atoms with Crippen molar-refractivity contribution in [3.8, 4) is 0 Å². The molecular weight excluding hydrogens is 348 g/mol. The van der Waals surface area contributed by atoms with Crippen molar-refractivity contribution in [2.45, 2.75) is 13.8 Å². The monoisotopic (exact) mass is 364 g/mol. The van der Waals surface area contributed by atoms with Gasteiger partial charge in [0.25, 0.3) is 5.91 Å². The molecule has 2 aromatic carbocycles. The van der Waals surface area contributed by atoms with Crippen molar-refractivity contribution < 1.29 is 23.3 Å². The SMILES string of the molecule is Cc1noc(C)c1C(=O)OCC(=O)Nc1ccc2oc3ccccc3c2c1. The summed E-state index contributed by atoms with van der Waals surface area (Å²) in [7, 11) is 0. The first kappa shape index (κ1) is 16.8. The van der Waals surface area contributed by atoms with E-state index >= 15 is 0 Å². The number of anilines is 1. The van der Waals surface area contributed by atoms with Crippen LogP contribution in [0.15, 0.2) is 51.4 Å². The summed E-state index contributed by atoms with van der Waals surface area (Å²) in [6, 6.07) is 13.0. The van der Waals surface area contributed by atoms with E-state index in [1.165, 1.54) is 0 Å². The van der Waals surface area contributed by atoms with Crippen LogP contribution in [0.4, 0.5) is 5.69 Å². The Morgan fingerprint density at radius 3 is 2.63 bits per heavy atom. The van der Waals surface area contributed by atoms with E-state index in [0.717, 1.165) is 21.9 Å². The van der Waals surface area contributed by atoms with Gasteiger partial charge < -0.3 is 19.0 Å². The first-order valence-corrected chi connectivity index (χ1v) is 8.34. The summed E-state index contributed by atoms with van der Waals surface area (Å²) in [6.07, 6.45) is 0. The zero-order valence-corrected chi connectivity index (χ0v) is 14.7. The summed E-state index contributed by atoms with van der Waals surface area (Å²) in [5.74, 6) is -0.727. The van der Waals surface area contributed by atoms with E-state index in [-0.39, 0.29) is 5.56 Å². The van der Waals surface area contributed by atoms with Crippen molar-refractivity contribution >= 4 is 39.5 Å². The Labute approximate surface area is 153 Å². The lowest BCUT2D eigenvalue weighted by Gasteiger charge is -2.06. The second-order valence-electron chi connectivity index (χ2n) is 6.13. The highest BCUT2D eigenvalue weighted by Gasteiger charge is 2.20. The van der Waals surface area contributed by atoms with Gasteiger partial charge in [-0.3, -0.25) is 4.79 Å². The standard InChI is InChI=1S/C20H16N2O5/c1-11-19(12(2)27-22-11)20(24)25-10-18(23)21-13-7-8-17-15(9-13)14-5-3-4-6-16(14)26-17/h3-9H,10H2,1-2H3,(H,21,23). The number of benzene rings is 2. The van der Waals surface area contributed by atoms with E-state index in [0.29, 0.717) is 17.1 Å². The smallest absolute Gasteiger partial charge is 0.344 e. The maximum atomic E-state index is 12.1. The number of hydrogen-bond acceptors (Lipinski definition) is 6. The number of furan rings is 1. The van der Waals surface area contributed by atoms with E-state index in [4.69, 9.17) is 13.7 Å². The third kappa shape index (κ3) is 3.15. The highest BCUT2D eigenvalue weighted by Crippen LogP contribution is 2.30. The molecule has 0 unspecified atom stereocenters. The zero-order chi connectivity index (χ0) is 19.0. The number of carbonyl (C=O) groups is 2. The summed E-state index contributed by atoms with van der Waals surface area (Å²) in [5.41, 5.74) is 2.78. The van der Waals surface area contributed by atoms with Gasteiger partial charge >= 0.3 is 5.97 Å². The minimum Gasteiger partial charge on any atom is -0.456 e. The van der Waals surface area contributed by atoms with Gasteiger partial charge in [-0.15, -0.1) is 0 Å². The molecule has 0 bridgehead atoms. The molecule has 27 heavy (non-hydrogen) atoms. The molecule has 0 saturated carbocycles. The van der Waals surface area contributed by atoms with E-state index in [1.54, 1.807) is 26.0 Å². The quantitative estimate of drug-likeness (QED) is 0.550. The second-order valence-corrected chi connectivity index (χ2v) is 6.13. The molecule has 0 saturated heterocycles. The number of esters is 1. The van der Waals surface area contributed by atoms with Crippen LogP contribution in [0.3, 0.4) is 0 Å². The van der Waals surface area contributed by atoms with Crippen molar-refractivity contribution in [2.24, 2.45) is 0 Å². The molecule has 1 N–H and O–H groups in total.